The molecule has 1 aliphatic rings. The Hall–Kier alpha value is -3.45. The number of nitrogens with zero attached hydrogens (tertiary/aromatic N) is 4. The summed E-state index contributed by atoms with van der Waals surface area (Å²) in [5.41, 5.74) is 4.06. The molecular weight excluding hydrogens is 400 g/mol. The lowest BCUT2D eigenvalue weighted by Gasteiger charge is -2.09. The third-order valence-corrected chi connectivity index (χ3v) is 5.37. The van der Waals surface area contributed by atoms with Crippen molar-refractivity contribution in [3.8, 4) is 11.3 Å². The fourth-order valence-electron chi connectivity index (χ4n) is 3.29. The zero-order valence-corrected chi connectivity index (χ0v) is 16.8. The lowest BCUT2D eigenvalue weighted by molar-refractivity contribution is 0.0951. The van der Waals surface area contributed by atoms with Crippen molar-refractivity contribution in [2.45, 2.75) is 25.4 Å². The number of amides is 1. The number of benzene rings is 1. The molecule has 3 heterocycles. The van der Waals surface area contributed by atoms with Crippen LogP contribution >= 0.6 is 11.6 Å². The lowest BCUT2D eigenvalue weighted by Crippen LogP contribution is -2.25. The SMILES string of the molecule is O=C(NC1CC1)c1ccc(-c2cnc3c(NCc4ccncc4)nccn23)cc1Cl. The Morgan fingerprint density at radius 1 is 1.13 bits per heavy atom. The summed E-state index contributed by atoms with van der Waals surface area (Å²) in [4.78, 5) is 25.3. The van der Waals surface area contributed by atoms with Crippen LogP contribution in [0.1, 0.15) is 28.8 Å². The number of pyridine rings is 1. The van der Waals surface area contributed by atoms with Gasteiger partial charge in [0.25, 0.3) is 5.91 Å². The molecule has 1 aliphatic carbocycles. The molecule has 0 spiro atoms. The molecule has 0 unspecified atom stereocenters. The van der Waals surface area contributed by atoms with E-state index in [-0.39, 0.29) is 11.9 Å². The highest BCUT2D eigenvalue weighted by Crippen LogP contribution is 2.28. The molecule has 7 nitrogen and oxygen atoms in total. The molecule has 2 N–H and O–H groups in total. The first-order chi connectivity index (χ1) is 14.7. The van der Waals surface area contributed by atoms with E-state index in [4.69, 9.17) is 11.6 Å². The van der Waals surface area contributed by atoms with Crippen molar-refractivity contribution in [2.24, 2.45) is 0 Å². The second-order valence-electron chi connectivity index (χ2n) is 7.26. The second kappa shape index (κ2) is 7.76. The van der Waals surface area contributed by atoms with Gasteiger partial charge in [-0.25, -0.2) is 9.97 Å². The summed E-state index contributed by atoms with van der Waals surface area (Å²) in [6.45, 7) is 0.619. The van der Waals surface area contributed by atoms with Crippen LogP contribution in [-0.4, -0.2) is 31.3 Å². The first-order valence-electron chi connectivity index (χ1n) is 9.74. The van der Waals surface area contributed by atoms with E-state index in [0.29, 0.717) is 28.6 Å². The van der Waals surface area contributed by atoms with Gasteiger partial charge in [-0.3, -0.25) is 14.2 Å². The van der Waals surface area contributed by atoms with Gasteiger partial charge in [0, 0.05) is 42.9 Å². The summed E-state index contributed by atoms with van der Waals surface area (Å²) in [6.07, 6.45) is 11.0. The van der Waals surface area contributed by atoms with Gasteiger partial charge in [-0.15, -0.1) is 0 Å². The number of carbonyl (C=O) groups excluding carboxylic acids is 1. The molecule has 5 rings (SSSR count). The summed E-state index contributed by atoms with van der Waals surface area (Å²) in [6, 6.07) is 9.65. The lowest BCUT2D eigenvalue weighted by atomic mass is 10.1. The average molecular weight is 419 g/mol. The van der Waals surface area contributed by atoms with Crippen LogP contribution in [0.25, 0.3) is 16.9 Å². The molecule has 0 aliphatic heterocycles. The number of hydrogen-bond acceptors (Lipinski definition) is 5. The van der Waals surface area contributed by atoms with Gasteiger partial charge < -0.3 is 10.6 Å². The molecule has 0 atom stereocenters. The number of carbonyl (C=O) groups is 1. The number of rotatable bonds is 6. The van der Waals surface area contributed by atoms with Crippen molar-refractivity contribution < 1.29 is 4.79 Å². The number of anilines is 1. The zero-order chi connectivity index (χ0) is 20.5. The number of halogens is 1. The van der Waals surface area contributed by atoms with Crippen molar-refractivity contribution in [2.75, 3.05) is 5.32 Å². The summed E-state index contributed by atoms with van der Waals surface area (Å²) in [5.74, 6) is 0.561. The number of nitrogens with one attached hydrogen (secondary N) is 2. The van der Waals surface area contributed by atoms with Crippen molar-refractivity contribution >= 4 is 29.0 Å². The number of fused-ring (bicyclic) bond motifs is 1. The normalized spacial score (nSPS) is 13.4. The summed E-state index contributed by atoms with van der Waals surface area (Å²) in [7, 11) is 0. The van der Waals surface area contributed by atoms with Crippen LogP contribution in [0.5, 0.6) is 0 Å². The van der Waals surface area contributed by atoms with E-state index >= 15 is 0 Å². The molecule has 1 saturated carbocycles. The van der Waals surface area contributed by atoms with Crippen LogP contribution in [0.2, 0.25) is 5.02 Å². The Morgan fingerprint density at radius 3 is 2.73 bits per heavy atom. The van der Waals surface area contributed by atoms with Crippen molar-refractivity contribution in [1.82, 2.24) is 24.7 Å². The van der Waals surface area contributed by atoms with Gasteiger partial charge >= 0.3 is 0 Å². The second-order valence-corrected chi connectivity index (χ2v) is 7.67. The van der Waals surface area contributed by atoms with Gasteiger partial charge in [-0.2, -0.15) is 0 Å². The maximum atomic E-state index is 12.3. The molecule has 1 fully saturated rings. The molecule has 150 valence electrons. The minimum atomic E-state index is -0.126. The highest BCUT2D eigenvalue weighted by Gasteiger charge is 2.25. The minimum Gasteiger partial charge on any atom is -0.363 e. The van der Waals surface area contributed by atoms with Crippen molar-refractivity contribution in [1.29, 1.82) is 0 Å². The van der Waals surface area contributed by atoms with Gasteiger partial charge in [0.15, 0.2) is 11.5 Å². The van der Waals surface area contributed by atoms with Gasteiger partial charge in [0.05, 0.1) is 22.5 Å². The molecular formula is C22H19ClN6O. The first kappa shape index (κ1) is 18.6. The molecule has 0 bridgehead atoms. The summed E-state index contributed by atoms with van der Waals surface area (Å²) in [5, 5.41) is 6.72. The van der Waals surface area contributed by atoms with E-state index in [1.807, 2.05) is 28.8 Å². The van der Waals surface area contributed by atoms with Crippen LogP contribution in [0, 0.1) is 0 Å². The van der Waals surface area contributed by atoms with Gasteiger partial charge in [-0.1, -0.05) is 17.7 Å². The summed E-state index contributed by atoms with van der Waals surface area (Å²) >= 11 is 6.42. The number of imidazole rings is 1. The van der Waals surface area contributed by atoms with E-state index in [0.717, 1.165) is 29.7 Å². The number of aromatic nitrogens is 4. The quantitative estimate of drug-likeness (QED) is 0.495. The maximum Gasteiger partial charge on any atom is 0.253 e. The Labute approximate surface area is 178 Å². The van der Waals surface area contributed by atoms with Gasteiger partial charge in [-0.05, 0) is 42.7 Å². The van der Waals surface area contributed by atoms with E-state index in [1.54, 1.807) is 36.9 Å². The largest absolute Gasteiger partial charge is 0.363 e. The molecule has 1 aromatic carbocycles. The monoisotopic (exact) mass is 418 g/mol. The molecule has 0 saturated heterocycles. The molecule has 1 amide bonds. The fourth-order valence-corrected chi connectivity index (χ4v) is 3.56. The average Bonchev–Trinajstić information content (AvgIpc) is 3.47. The first-order valence-corrected chi connectivity index (χ1v) is 10.1. The fraction of sp³-hybridized carbons (Fsp3) is 0.182. The maximum absolute atomic E-state index is 12.3. The van der Waals surface area contributed by atoms with Crippen molar-refractivity contribution in [3.63, 3.8) is 0 Å². The minimum absolute atomic E-state index is 0.126. The highest BCUT2D eigenvalue weighted by atomic mass is 35.5. The van der Waals surface area contributed by atoms with E-state index < -0.39 is 0 Å². The standard InChI is InChI=1S/C22H19ClN6O/c23-18-11-15(1-4-17(18)22(30)28-16-2-3-16)19-13-27-21-20(25-9-10-29(19)21)26-12-14-5-7-24-8-6-14/h1,4-11,13,16H,2-3,12H2,(H,25,26)(H,28,30). The third-order valence-electron chi connectivity index (χ3n) is 5.06. The van der Waals surface area contributed by atoms with Crippen LogP contribution in [0.4, 0.5) is 5.82 Å². The van der Waals surface area contributed by atoms with Crippen LogP contribution in [0.3, 0.4) is 0 Å². The highest BCUT2D eigenvalue weighted by molar-refractivity contribution is 6.34. The molecule has 3 aromatic heterocycles. The van der Waals surface area contributed by atoms with E-state index in [2.05, 4.69) is 25.6 Å². The Bertz CT molecular complexity index is 1220. The Morgan fingerprint density at radius 2 is 1.97 bits per heavy atom. The Balaban J connectivity index is 1.42. The Kier molecular flexibility index (Phi) is 4.80. The third kappa shape index (κ3) is 3.71. The predicted molar refractivity (Wildman–Crippen MR) is 115 cm³/mol. The zero-order valence-electron chi connectivity index (χ0n) is 16.0. The topological polar surface area (TPSA) is 84.2 Å². The molecule has 30 heavy (non-hydrogen) atoms. The summed E-state index contributed by atoms with van der Waals surface area (Å²) < 4.78 is 1.96. The van der Waals surface area contributed by atoms with Gasteiger partial charge in [0.2, 0.25) is 0 Å². The van der Waals surface area contributed by atoms with E-state index in [9.17, 15) is 4.79 Å². The van der Waals surface area contributed by atoms with E-state index in [1.165, 1.54) is 0 Å². The van der Waals surface area contributed by atoms with Gasteiger partial charge in [0.1, 0.15) is 0 Å². The predicted octanol–water partition coefficient (Wildman–Crippen LogP) is 3.95. The molecule has 8 heteroatoms. The van der Waals surface area contributed by atoms with Crippen molar-refractivity contribution in [3.05, 3.63) is 77.5 Å². The van der Waals surface area contributed by atoms with Crippen LogP contribution < -0.4 is 10.6 Å². The molecule has 4 aromatic rings. The smallest absolute Gasteiger partial charge is 0.253 e. The molecule has 0 radical (unpaired) electrons. The number of hydrogen-bond donors (Lipinski definition) is 2. The van der Waals surface area contributed by atoms with Crippen LogP contribution in [-0.2, 0) is 6.54 Å². The van der Waals surface area contributed by atoms with Crippen LogP contribution in [0.15, 0.2) is 61.3 Å².